The molecule has 1 unspecified atom stereocenters. The van der Waals surface area contributed by atoms with Gasteiger partial charge in [-0.25, -0.2) is 0 Å². The Hall–Kier alpha value is -1.70. The first-order chi connectivity index (χ1) is 12.7. The molecule has 0 spiro atoms. The number of fused-ring (bicyclic) bond motifs is 1. The summed E-state index contributed by atoms with van der Waals surface area (Å²) >= 11 is 1.49. The van der Waals surface area contributed by atoms with Crippen LogP contribution in [0, 0.1) is 0 Å². The number of aromatic nitrogens is 2. The lowest BCUT2D eigenvalue weighted by molar-refractivity contribution is 0.0902. The number of ether oxygens (including phenoxy) is 1. The van der Waals surface area contributed by atoms with Gasteiger partial charge in [0, 0.05) is 43.4 Å². The number of nitrogens with zero attached hydrogens (tertiary/aromatic N) is 3. The SMILES string of the molecule is CCn1nc(CN2CCCC(NC(=O)c3cccs3)C2)c2c1CCOC2. The zero-order valence-electron chi connectivity index (χ0n) is 15.2. The molecule has 6 nitrogen and oxygen atoms in total. The molecule has 2 aliphatic heterocycles. The molecule has 1 fully saturated rings. The third-order valence-corrected chi connectivity index (χ3v) is 6.11. The maximum Gasteiger partial charge on any atom is 0.261 e. The molecule has 1 amide bonds. The largest absolute Gasteiger partial charge is 0.376 e. The lowest BCUT2D eigenvalue weighted by Gasteiger charge is -2.32. The molecule has 0 bridgehead atoms. The molecule has 140 valence electrons. The number of carbonyl (C=O) groups is 1. The predicted octanol–water partition coefficient (Wildman–Crippen LogP) is 2.43. The lowest BCUT2D eigenvalue weighted by Crippen LogP contribution is -2.47. The minimum Gasteiger partial charge on any atom is -0.376 e. The van der Waals surface area contributed by atoms with Crippen molar-refractivity contribution in [2.24, 2.45) is 0 Å². The first kappa shape index (κ1) is 17.7. The van der Waals surface area contributed by atoms with Gasteiger partial charge >= 0.3 is 0 Å². The summed E-state index contributed by atoms with van der Waals surface area (Å²) in [4.78, 5) is 15.5. The summed E-state index contributed by atoms with van der Waals surface area (Å²) in [6.07, 6.45) is 3.09. The molecule has 26 heavy (non-hydrogen) atoms. The van der Waals surface area contributed by atoms with Crippen molar-refractivity contribution < 1.29 is 9.53 Å². The molecule has 7 heteroatoms. The molecular weight excluding hydrogens is 348 g/mol. The quantitative estimate of drug-likeness (QED) is 0.873. The standard InChI is InChI=1S/C19H26N4O2S/c1-2-23-17-7-9-25-13-15(17)16(21-23)12-22-8-3-5-14(11-22)20-19(24)18-6-4-10-26-18/h4,6,10,14H,2-3,5,7-9,11-13H2,1H3,(H,20,24). The van der Waals surface area contributed by atoms with Gasteiger partial charge in [0.2, 0.25) is 0 Å². The second kappa shape index (κ2) is 7.90. The third kappa shape index (κ3) is 3.70. The summed E-state index contributed by atoms with van der Waals surface area (Å²) in [5, 5.41) is 9.98. The maximum absolute atomic E-state index is 12.3. The Kier molecular flexibility index (Phi) is 5.38. The van der Waals surface area contributed by atoms with E-state index in [9.17, 15) is 4.79 Å². The number of rotatable bonds is 5. The summed E-state index contributed by atoms with van der Waals surface area (Å²) in [5.41, 5.74) is 3.77. The number of thiophene rings is 1. The van der Waals surface area contributed by atoms with E-state index in [1.54, 1.807) is 0 Å². The van der Waals surface area contributed by atoms with Gasteiger partial charge in [0.25, 0.3) is 5.91 Å². The fraction of sp³-hybridized carbons (Fsp3) is 0.579. The Balaban J connectivity index is 1.41. The number of amides is 1. The van der Waals surface area contributed by atoms with Crippen molar-refractivity contribution in [3.63, 3.8) is 0 Å². The third-order valence-electron chi connectivity index (χ3n) is 5.24. The van der Waals surface area contributed by atoms with E-state index in [2.05, 4.69) is 21.8 Å². The van der Waals surface area contributed by atoms with Crippen molar-refractivity contribution in [1.82, 2.24) is 20.0 Å². The second-order valence-electron chi connectivity index (χ2n) is 7.02. The first-order valence-corrected chi connectivity index (χ1v) is 10.3. The van der Waals surface area contributed by atoms with Gasteiger partial charge in [0.05, 0.1) is 23.8 Å². The van der Waals surface area contributed by atoms with Crippen LogP contribution in [-0.2, 0) is 30.9 Å². The topological polar surface area (TPSA) is 59.4 Å². The highest BCUT2D eigenvalue weighted by molar-refractivity contribution is 7.12. The minimum atomic E-state index is 0.0490. The van der Waals surface area contributed by atoms with Gasteiger partial charge in [-0.2, -0.15) is 5.10 Å². The zero-order valence-corrected chi connectivity index (χ0v) is 16.1. The zero-order chi connectivity index (χ0) is 17.9. The summed E-state index contributed by atoms with van der Waals surface area (Å²) in [7, 11) is 0. The smallest absolute Gasteiger partial charge is 0.261 e. The van der Waals surface area contributed by atoms with E-state index in [0.717, 1.165) is 62.6 Å². The maximum atomic E-state index is 12.3. The number of carbonyl (C=O) groups excluding carboxylic acids is 1. The van der Waals surface area contributed by atoms with Gasteiger partial charge < -0.3 is 10.1 Å². The Labute approximate surface area is 158 Å². The van der Waals surface area contributed by atoms with E-state index >= 15 is 0 Å². The van der Waals surface area contributed by atoms with Crippen LogP contribution in [0.2, 0.25) is 0 Å². The summed E-state index contributed by atoms with van der Waals surface area (Å²) in [6, 6.07) is 4.01. The molecule has 0 radical (unpaired) electrons. The molecule has 2 aromatic rings. The van der Waals surface area contributed by atoms with Crippen LogP contribution in [0.15, 0.2) is 17.5 Å². The van der Waals surface area contributed by atoms with Crippen molar-refractivity contribution in [3.8, 4) is 0 Å². The van der Waals surface area contributed by atoms with Crippen LogP contribution in [-0.4, -0.2) is 46.3 Å². The number of aryl methyl sites for hydroxylation is 1. The number of piperidine rings is 1. The fourth-order valence-electron chi connectivity index (χ4n) is 3.96. The highest BCUT2D eigenvalue weighted by atomic mass is 32.1. The van der Waals surface area contributed by atoms with Crippen LogP contribution in [0.3, 0.4) is 0 Å². The van der Waals surface area contributed by atoms with Crippen molar-refractivity contribution in [1.29, 1.82) is 0 Å². The first-order valence-electron chi connectivity index (χ1n) is 9.46. The fourth-order valence-corrected chi connectivity index (χ4v) is 4.59. The van der Waals surface area contributed by atoms with Crippen molar-refractivity contribution in [3.05, 3.63) is 39.3 Å². The second-order valence-corrected chi connectivity index (χ2v) is 7.96. The van der Waals surface area contributed by atoms with E-state index < -0.39 is 0 Å². The molecule has 1 N–H and O–H groups in total. The van der Waals surface area contributed by atoms with Gasteiger partial charge in [0.15, 0.2) is 0 Å². The van der Waals surface area contributed by atoms with E-state index in [0.29, 0.717) is 6.61 Å². The van der Waals surface area contributed by atoms with Gasteiger partial charge in [0.1, 0.15) is 0 Å². The molecule has 0 aromatic carbocycles. The Morgan fingerprint density at radius 3 is 3.23 bits per heavy atom. The molecule has 0 saturated carbocycles. The van der Waals surface area contributed by atoms with Crippen LogP contribution in [0.5, 0.6) is 0 Å². The Bertz CT molecular complexity index is 756. The number of nitrogens with one attached hydrogen (secondary N) is 1. The average Bonchev–Trinajstić information content (AvgIpc) is 3.31. The van der Waals surface area contributed by atoms with Crippen molar-refractivity contribution >= 4 is 17.2 Å². The normalized spacial score (nSPS) is 20.7. The van der Waals surface area contributed by atoms with Gasteiger partial charge in [-0.3, -0.25) is 14.4 Å². The van der Waals surface area contributed by atoms with Gasteiger partial charge in [-0.1, -0.05) is 6.07 Å². The lowest BCUT2D eigenvalue weighted by atomic mass is 10.0. The monoisotopic (exact) mass is 374 g/mol. The van der Waals surface area contributed by atoms with E-state index in [4.69, 9.17) is 9.84 Å². The van der Waals surface area contributed by atoms with E-state index in [1.807, 2.05) is 17.5 Å². The van der Waals surface area contributed by atoms with E-state index in [1.165, 1.54) is 22.6 Å². The number of likely N-dealkylation sites (tertiary alicyclic amines) is 1. The highest BCUT2D eigenvalue weighted by Crippen LogP contribution is 2.23. The Morgan fingerprint density at radius 2 is 2.42 bits per heavy atom. The molecule has 1 saturated heterocycles. The van der Waals surface area contributed by atoms with Crippen LogP contribution in [0.4, 0.5) is 0 Å². The predicted molar refractivity (Wildman–Crippen MR) is 101 cm³/mol. The highest BCUT2D eigenvalue weighted by Gasteiger charge is 2.26. The van der Waals surface area contributed by atoms with Gasteiger partial charge in [-0.05, 0) is 37.8 Å². The van der Waals surface area contributed by atoms with Crippen LogP contribution >= 0.6 is 11.3 Å². The van der Waals surface area contributed by atoms with Crippen LogP contribution < -0.4 is 5.32 Å². The van der Waals surface area contributed by atoms with Crippen molar-refractivity contribution in [2.75, 3.05) is 19.7 Å². The minimum absolute atomic E-state index is 0.0490. The molecule has 2 aliphatic rings. The average molecular weight is 375 g/mol. The van der Waals surface area contributed by atoms with Crippen LogP contribution in [0.1, 0.15) is 46.4 Å². The molecule has 1 atom stereocenters. The Morgan fingerprint density at radius 1 is 1.50 bits per heavy atom. The molecule has 2 aromatic heterocycles. The molecule has 4 heterocycles. The molecular formula is C19H26N4O2S. The number of hydrogen-bond donors (Lipinski definition) is 1. The summed E-state index contributed by atoms with van der Waals surface area (Å²) < 4.78 is 7.80. The number of hydrogen-bond acceptors (Lipinski definition) is 5. The van der Waals surface area contributed by atoms with Crippen LogP contribution in [0.25, 0.3) is 0 Å². The summed E-state index contributed by atoms with van der Waals surface area (Å²) in [5.74, 6) is 0.0490. The molecule has 0 aliphatic carbocycles. The van der Waals surface area contributed by atoms with E-state index in [-0.39, 0.29) is 11.9 Å². The molecule has 4 rings (SSSR count). The van der Waals surface area contributed by atoms with Crippen molar-refractivity contribution in [2.45, 2.75) is 51.9 Å². The summed E-state index contributed by atoms with van der Waals surface area (Å²) in [6.45, 7) is 7.29. The van der Waals surface area contributed by atoms with Gasteiger partial charge in [-0.15, -0.1) is 11.3 Å².